The molecule has 1 unspecified atom stereocenters. The summed E-state index contributed by atoms with van der Waals surface area (Å²) in [4.78, 5) is 13.0. The zero-order chi connectivity index (χ0) is 16.7. The first kappa shape index (κ1) is 17.1. The van der Waals surface area contributed by atoms with Crippen LogP contribution in [0.5, 0.6) is 0 Å². The van der Waals surface area contributed by atoms with Gasteiger partial charge in [-0.2, -0.15) is 13.2 Å². The van der Waals surface area contributed by atoms with Crippen molar-refractivity contribution in [3.63, 3.8) is 0 Å². The predicted molar refractivity (Wildman–Crippen MR) is 74.3 cm³/mol. The number of hydrogen-bond donors (Lipinski definition) is 0. The molecule has 1 aromatic rings. The second-order valence-electron chi connectivity index (χ2n) is 5.10. The van der Waals surface area contributed by atoms with Crippen LogP contribution in [-0.4, -0.2) is 38.2 Å². The minimum atomic E-state index is -4.43. The van der Waals surface area contributed by atoms with Crippen molar-refractivity contribution in [2.45, 2.75) is 30.0 Å². The first-order chi connectivity index (χ1) is 10.0. The summed E-state index contributed by atoms with van der Waals surface area (Å²) < 4.78 is 60.7. The number of benzene rings is 1. The van der Waals surface area contributed by atoms with Gasteiger partial charge in [0.25, 0.3) is 0 Å². The average Bonchev–Trinajstić information content (AvgIpc) is 2.65. The molecule has 0 saturated carbocycles. The van der Waals surface area contributed by atoms with E-state index in [1.165, 1.54) is 25.2 Å². The van der Waals surface area contributed by atoms with Crippen LogP contribution in [0.1, 0.15) is 24.4 Å². The van der Waals surface area contributed by atoms with E-state index in [0.29, 0.717) is 10.6 Å². The topological polar surface area (TPSA) is 54.5 Å². The number of fused-ring (bicyclic) bond motifs is 1. The number of carbonyl (C=O) groups excluding carboxylic acids is 1. The Hall–Kier alpha value is -1.28. The third-order valence-electron chi connectivity index (χ3n) is 3.53. The van der Waals surface area contributed by atoms with E-state index in [9.17, 15) is 26.4 Å². The lowest BCUT2D eigenvalue weighted by Gasteiger charge is -2.24. The fourth-order valence-electron chi connectivity index (χ4n) is 2.37. The smallest absolute Gasteiger partial charge is 0.338 e. The first-order valence-corrected chi connectivity index (χ1v) is 8.39. The van der Waals surface area contributed by atoms with Crippen LogP contribution in [0.4, 0.5) is 13.2 Å². The van der Waals surface area contributed by atoms with Gasteiger partial charge in [-0.05, 0) is 23.8 Å². The summed E-state index contributed by atoms with van der Waals surface area (Å²) in [6.07, 6.45) is -6.38. The van der Waals surface area contributed by atoms with E-state index in [0.717, 1.165) is 4.90 Å². The van der Waals surface area contributed by atoms with Gasteiger partial charge >= 0.3 is 6.18 Å². The van der Waals surface area contributed by atoms with Crippen LogP contribution in [0.2, 0.25) is 5.02 Å². The molecule has 1 aliphatic rings. The number of sulfone groups is 1. The number of hydrogen-bond acceptors (Lipinski definition) is 3. The fraction of sp³-hybridized carbons (Fsp3) is 0.462. The molecule has 1 atom stereocenters. The molecular weight excluding hydrogens is 343 g/mol. The Balaban J connectivity index is 2.24. The SMILES string of the molecule is CN(C(=O)CCC(F)(F)F)C1CS(=O)(=O)c2ccc(Cl)cc21. The quantitative estimate of drug-likeness (QED) is 0.837. The molecule has 0 saturated heterocycles. The third kappa shape index (κ3) is 3.55. The van der Waals surface area contributed by atoms with Crippen LogP contribution in [-0.2, 0) is 14.6 Å². The molecule has 1 aliphatic heterocycles. The summed E-state index contributed by atoms with van der Waals surface area (Å²) in [6, 6.07) is 3.38. The summed E-state index contributed by atoms with van der Waals surface area (Å²) in [5.74, 6) is -1.11. The Bertz CT molecular complexity index is 703. The van der Waals surface area contributed by atoms with Gasteiger partial charge in [-0.3, -0.25) is 4.79 Å². The van der Waals surface area contributed by atoms with Crippen LogP contribution in [0.3, 0.4) is 0 Å². The Labute approximate surface area is 130 Å². The largest absolute Gasteiger partial charge is 0.389 e. The van der Waals surface area contributed by atoms with Crippen molar-refractivity contribution in [1.29, 1.82) is 0 Å². The predicted octanol–water partition coefficient (Wildman–Crippen LogP) is 2.97. The van der Waals surface area contributed by atoms with Gasteiger partial charge in [-0.1, -0.05) is 11.6 Å². The summed E-state index contributed by atoms with van der Waals surface area (Å²) >= 11 is 5.84. The van der Waals surface area contributed by atoms with E-state index in [1.807, 2.05) is 0 Å². The second kappa shape index (κ2) is 5.73. The van der Waals surface area contributed by atoms with Gasteiger partial charge in [0, 0.05) is 18.5 Å². The molecule has 9 heteroatoms. The molecule has 0 radical (unpaired) electrons. The van der Waals surface area contributed by atoms with Crippen LogP contribution in [0, 0.1) is 0 Å². The highest BCUT2D eigenvalue weighted by Crippen LogP contribution is 2.38. The lowest BCUT2D eigenvalue weighted by atomic mass is 10.1. The lowest BCUT2D eigenvalue weighted by Crippen LogP contribution is -2.32. The molecule has 4 nitrogen and oxygen atoms in total. The maximum atomic E-state index is 12.2. The Morgan fingerprint density at radius 2 is 2.05 bits per heavy atom. The Kier molecular flexibility index (Phi) is 4.45. The number of rotatable bonds is 3. The molecule has 0 aromatic heterocycles. The molecule has 1 aromatic carbocycles. The van der Waals surface area contributed by atoms with Gasteiger partial charge in [0.2, 0.25) is 5.91 Å². The van der Waals surface area contributed by atoms with Crippen molar-refractivity contribution in [3.05, 3.63) is 28.8 Å². The zero-order valence-corrected chi connectivity index (χ0v) is 13.1. The molecule has 1 heterocycles. The summed E-state index contributed by atoms with van der Waals surface area (Å²) in [6.45, 7) is 0. The van der Waals surface area contributed by atoms with Gasteiger partial charge in [0.15, 0.2) is 9.84 Å². The van der Waals surface area contributed by atoms with Crippen molar-refractivity contribution >= 4 is 27.3 Å². The lowest BCUT2D eigenvalue weighted by molar-refractivity contribution is -0.149. The molecule has 0 spiro atoms. The van der Waals surface area contributed by atoms with E-state index in [4.69, 9.17) is 11.6 Å². The van der Waals surface area contributed by atoms with E-state index in [1.54, 1.807) is 0 Å². The highest BCUT2D eigenvalue weighted by atomic mass is 35.5. The van der Waals surface area contributed by atoms with Crippen molar-refractivity contribution in [2.24, 2.45) is 0 Å². The van der Waals surface area contributed by atoms with E-state index >= 15 is 0 Å². The first-order valence-electron chi connectivity index (χ1n) is 6.36. The number of alkyl halides is 3. The maximum absolute atomic E-state index is 12.2. The number of amides is 1. The monoisotopic (exact) mass is 355 g/mol. The molecule has 22 heavy (non-hydrogen) atoms. The fourth-order valence-corrected chi connectivity index (χ4v) is 4.38. The van der Waals surface area contributed by atoms with E-state index in [2.05, 4.69) is 0 Å². The average molecular weight is 356 g/mol. The van der Waals surface area contributed by atoms with Crippen LogP contribution in [0.15, 0.2) is 23.1 Å². The van der Waals surface area contributed by atoms with Gasteiger partial charge in [0.1, 0.15) is 0 Å². The van der Waals surface area contributed by atoms with Crippen molar-refractivity contribution < 1.29 is 26.4 Å². The summed E-state index contributed by atoms with van der Waals surface area (Å²) in [5, 5.41) is 0.303. The molecule has 0 bridgehead atoms. The minimum Gasteiger partial charge on any atom is -0.338 e. The van der Waals surface area contributed by atoms with Gasteiger partial charge in [-0.25, -0.2) is 8.42 Å². The second-order valence-corrected chi connectivity index (χ2v) is 7.54. The number of nitrogens with zero attached hydrogens (tertiary/aromatic N) is 1. The van der Waals surface area contributed by atoms with Crippen LogP contribution >= 0.6 is 11.6 Å². The van der Waals surface area contributed by atoms with Gasteiger partial charge in [-0.15, -0.1) is 0 Å². The molecule has 0 fully saturated rings. The molecular formula is C13H13ClF3NO3S. The van der Waals surface area contributed by atoms with E-state index in [-0.39, 0.29) is 10.6 Å². The summed E-state index contributed by atoms with van der Waals surface area (Å²) in [7, 11) is -2.27. The normalized spacial score (nSPS) is 19.8. The third-order valence-corrected chi connectivity index (χ3v) is 5.56. The molecule has 2 rings (SSSR count). The number of halogens is 4. The van der Waals surface area contributed by atoms with E-state index < -0.39 is 40.8 Å². The van der Waals surface area contributed by atoms with Gasteiger partial charge < -0.3 is 4.90 Å². The molecule has 0 aliphatic carbocycles. The molecule has 0 N–H and O–H groups in total. The highest BCUT2D eigenvalue weighted by molar-refractivity contribution is 7.91. The standard InChI is InChI=1S/C13H13ClF3NO3S/c1-18(12(19)4-5-13(15,16)17)10-7-22(20,21)11-3-2-8(14)6-9(10)11/h2-3,6,10H,4-5,7H2,1H3. The van der Waals surface area contributed by atoms with Gasteiger partial charge in [0.05, 0.1) is 23.1 Å². The van der Waals surface area contributed by atoms with Crippen molar-refractivity contribution in [3.8, 4) is 0 Å². The van der Waals surface area contributed by atoms with Crippen molar-refractivity contribution in [2.75, 3.05) is 12.8 Å². The maximum Gasteiger partial charge on any atom is 0.389 e. The van der Waals surface area contributed by atoms with Crippen LogP contribution < -0.4 is 0 Å². The van der Waals surface area contributed by atoms with Crippen LogP contribution in [0.25, 0.3) is 0 Å². The molecule has 1 amide bonds. The number of carbonyl (C=O) groups is 1. The summed E-state index contributed by atoms with van der Waals surface area (Å²) in [5.41, 5.74) is 0.343. The Morgan fingerprint density at radius 1 is 1.41 bits per heavy atom. The minimum absolute atomic E-state index is 0.0670. The Morgan fingerprint density at radius 3 is 2.64 bits per heavy atom. The molecule has 122 valence electrons. The van der Waals surface area contributed by atoms with Crippen molar-refractivity contribution in [1.82, 2.24) is 4.90 Å². The highest BCUT2D eigenvalue weighted by Gasteiger charge is 2.39. The zero-order valence-electron chi connectivity index (χ0n) is 11.5.